The van der Waals surface area contributed by atoms with Crippen LogP contribution in [0.2, 0.25) is 0 Å². The molecular weight excluding hydrogens is 186 g/mol. The van der Waals surface area contributed by atoms with Crippen molar-refractivity contribution in [3.8, 4) is 0 Å². The fourth-order valence-corrected chi connectivity index (χ4v) is 3.45. The zero-order valence-corrected chi connectivity index (χ0v) is 9.97. The summed E-state index contributed by atoms with van der Waals surface area (Å²) < 4.78 is 0. The normalized spacial score (nSPS) is 39.2. The Morgan fingerprint density at radius 2 is 1.60 bits per heavy atom. The van der Waals surface area contributed by atoms with E-state index in [1.54, 1.807) is 0 Å². The number of hydrogen-bond donors (Lipinski definition) is 2. The first-order valence-electron chi connectivity index (χ1n) is 6.64. The van der Waals surface area contributed by atoms with Gasteiger partial charge in [0.25, 0.3) is 0 Å². The molecular formula is C13H25NO. The van der Waals surface area contributed by atoms with E-state index >= 15 is 0 Å². The predicted molar refractivity (Wildman–Crippen MR) is 62.8 cm³/mol. The lowest BCUT2D eigenvalue weighted by atomic mass is 9.69. The number of aliphatic hydroxyl groups is 1. The molecule has 2 rings (SSSR count). The minimum Gasteiger partial charge on any atom is -0.390 e. The van der Waals surface area contributed by atoms with E-state index in [-0.39, 0.29) is 5.60 Å². The molecule has 2 N–H and O–H groups in total. The maximum Gasteiger partial charge on any atom is 0.0677 e. The Bertz CT molecular complexity index is 191. The van der Waals surface area contributed by atoms with Crippen LogP contribution >= 0.6 is 0 Å². The summed E-state index contributed by atoms with van der Waals surface area (Å²) in [4.78, 5) is 0. The maximum absolute atomic E-state index is 10.7. The van der Waals surface area contributed by atoms with Gasteiger partial charge < -0.3 is 10.4 Å². The van der Waals surface area contributed by atoms with Gasteiger partial charge in [0.2, 0.25) is 0 Å². The molecule has 0 aromatic rings. The Balaban J connectivity index is 1.89. The number of hydrogen-bond acceptors (Lipinski definition) is 2. The van der Waals surface area contributed by atoms with Crippen LogP contribution in [0.1, 0.15) is 57.8 Å². The van der Waals surface area contributed by atoms with Gasteiger partial charge in [0.15, 0.2) is 0 Å². The molecule has 0 radical (unpaired) electrons. The van der Waals surface area contributed by atoms with E-state index in [1.807, 2.05) is 7.05 Å². The summed E-state index contributed by atoms with van der Waals surface area (Å²) in [6.07, 6.45) is 10.9. The standard InChI is InChI=1S/C13H25NO/c1-14-12-7-9-13(15,10-8-12)11-5-3-2-4-6-11/h11-12,14-15H,2-10H2,1H3. The van der Waals surface area contributed by atoms with Crippen LogP contribution < -0.4 is 5.32 Å². The Labute approximate surface area is 93.5 Å². The summed E-state index contributed by atoms with van der Waals surface area (Å²) in [6, 6.07) is 0.647. The highest BCUT2D eigenvalue weighted by Crippen LogP contribution is 2.41. The van der Waals surface area contributed by atoms with Crippen LogP contribution in [-0.4, -0.2) is 23.8 Å². The third-order valence-electron chi connectivity index (χ3n) is 4.62. The molecule has 2 heteroatoms. The molecule has 2 fully saturated rings. The van der Waals surface area contributed by atoms with Crippen LogP contribution in [0.15, 0.2) is 0 Å². The molecule has 0 atom stereocenters. The molecule has 2 aliphatic rings. The highest BCUT2D eigenvalue weighted by Gasteiger charge is 2.39. The largest absolute Gasteiger partial charge is 0.390 e. The highest BCUT2D eigenvalue weighted by molar-refractivity contribution is 4.93. The molecule has 2 nitrogen and oxygen atoms in total. The van der Waals surface area contributed by atoms with E-state index in [0.29, 0.717) is 12.0 Å². The van der Waals surface area contributed by atoms with Crippen molar-refractivity contribution < 1.29 is 5.11 Å². The minimum atomic E-state index is -0.312. The third kappa shape index (κ3) is 2.54. The molecule has 0 bridgehead atoms. The Morgan fingerprint density at radius 1 is 1.00 bits per heavy atom. The molecule has 0 heterocycles. The Kier molecular flexibility index (Phi) is 3.68. The molecule has 0 aromatic heterocycles. The Morgan fingerprint density at radius 3 is 2.13 bits per heavy atom. The Hall–Kier alpha value is -0.0800. The van der Waals surface area contributed by atoms with Gasteiger partial charge in [-0.3, -0.25) is 0 Å². The molecule has 0 aliphatic heterocycles. The van der Waals surface area contributed by atoms with Gasteiger partial charge in [0, 0.05) is 6.04 Å². The van der Waals surface area contributed by atoms with Crippen molar-refractivity contribution in [1.29, 1.82) is 0 Å². The van der Waals surface area contributed by atoms with Gasteiger partial charge in [-0.25, -0.2) is 0 Å². The van der Waals surface area contributed by atoms with E-state index in [0.717, 1.165) is 25.7 Å². The molecule has 0 aromatic carbocycles. The van der Waals surface area contributed by atoms with Crippen LogP contribution in [-0.2, 0) is 0 Å². The summed E-state index contributed by atoms with van der Waals surface area (Å²) in [5.41, 5.74) is -0.312. The fraction of sp³-hybridized carbons (Fsp3) is 1.00. The minimum absolute atomic E-state index is 0.312. The summed E-state index contributed by atoms with van der Waals surface area (Å²) in [5, 5.41) is 14.0. The monoisotopic (exact) mass is 211 g/mol. The zero-order valence-electron chi connectivity index (χ0n) is 9.97. The molecule has 0 amide bonds. The van der Waals surface area contributed by atoms with Crippen LogP contribution in [0.3, 0.4) is 0 Å². The average Bonchev–Trinajstić information content (AvgIpc) is 2.31. The van der Waals surface area contributed by atoms with Crippen molar-refractivity contribution in [2.45, 2.75) is 69.4 Å². The van der Waals surface area contributed by atoms with Crippen molar-refractivity contribution >= 4 is 0 Å². The second-order valence-electron chi connectivity index (χ2n) is 5.50. The van der Waals surface area contributed by atoms with Gasteiger partial charge >= 0.3 is 0 Å². The zero-order chi connectivity index (χ0) is 10.7. The van der Waals surface area contributed by atoms with Gasteiger partial charge in [-0.15, -0.1) is 0 Å². The van der Waals surface area contributed by atoms with Gasteiger partial charge in [0.05, 0.1) is 5.60 Å². The van der Waals surface area contributed by atoms with Gasteiger partial charge in [-0.05, 0) is 51.5 Å². The second kappa shape index (κ2) is 4.84. The molecule has 2 saturated carbocycles. The van der Waals surface area contributed by atoms with E-state index in [2.05, 4.69) is 5.32 Å². The lowest BCUT2D eigenvalue weighted by molar-refractivity contribution is -0.0657. The van der Waals surface area contributed by atoms with Gasteiger partial charge in [0.1, 0.15) is 0 Å². The third-order valence-corrected chi connectivity index (χ3v) is 4.62. The highest BCUT2D eigenvalue weighted by atomic mass is 16.3. The molecule has 2 aliphatic carbocycles. The van der Waals surface area contributed by atoms with E-state index in [9.17, 15) is 5.11 Å². The van der Waals surface area contributed by atoms with Crippen LogP contribution in [0, 0.1) is 5.92 Å². The summed E-state index contributed by atoms with van der Waals surface area (Å²) in [5.74, 6) is 0.601. The lowest BCUT2D eigenvalue weighted by Gasteiger charge is -2.43. The molecule has 0 saturated heterocycles. The van der Waals surface area contributed by atoms with Crippen LogP contribution in [0.4, 0.5) is 0 Å². The van der Waals surface area contributed by atoms with Crippen LogP contribution in [0.5, 0.6) is 0 Å². The topological polar surface area (TPSA) is 32.3 Å². The molecule has 0 unspecified atom stereocenters. The second-order valence-corrected chi connectivity index (χ2v) is 5.50. The van der Waals surface area contributed by atoms with Gasteiger partial charge in [-0.1, -0.05) is 19.3 Å². The quantitative estimate of drug-likeness (QED) is 0.735. The van der Waals surface area contributed by atoms with Crippen molar-refractivity contribution in [1.82, 2.24) is 5.32 Å². The van der Waals surface area contributed by atoms with Crippen molar-refractivity contribution in [3.63, 3.8) is 0 Å². The van der Waals surface area contributed by atoms with Gasteiger partial charge in [-0.2, -0.15) is 0 Å². The summed E-state index contributed by atoms with van der Waals surface area (Å²) in [6.45, 7) is 0. The van der Waals surface area contributed by atoms with Crippen LogP contribution in [0.25, 0.3) is 0 Å². The first-order valence-corrected chi connectivity index (χ1v) is 6.64. The summed E-state index contributed by atoms with van der Waals surface area (Å²) in [7, 11) is 2.04. The van der Waals surface area contributed by atoms with Crippen molar-refractivity contribution in [2.24, 2.45) is 5.92 Å². The molecule has 0 spiro atoms. The molecule has 88 valence electrons. The maximum atomic E-state index is 10.7. The summed E-state index contributed by atoms with van der Waals surface area (Å²) >= 11 is 0. The van der Waals surface area contributed by atoms with Crippen molar-refractivity contribution in [3.05, 3.63) is 0 Å². The number of nitrogens with one attached hydrogen (secondary N) is 1. The smallest absolute Gasteiger partial charge is 0.0677 e. The first kappa shape index (κ1) is 11.4. The SMILES string of the molecule is CNC1CCC(O)(C2CCCCC2)CC1. The predicted octanol–water partition coefficient (Wildman–Crippen LogP) is 2.46. The van der Waals surface area contributed by atoms with Crippen molar-refractivity contribution in [2.75, 3.05) is 7.05 Å². The fourth-order valence-electron chi connectivity index (χ4n) is 3.45. The van der Waals surface area contributed by atoms with E-state index in [1.165, 1.54) is 32.1 Å². The number of rotatable bonds is 2. The molecule has 15 heavy (non-hydrogen) atoms. The first-order chi connectivity index (χ1) is 7.24. The lowest BCUT2D eigenvalue weighted by Crippen LogP contribution is -2.45. The van der Waals surface area contributed by atoms with E-state index in [4.69, 9.17) is 0 Å². The average molecular weight is 211 g/mol. The van der Waals surface area contributed by atoms with E-state index < -0.39 is 0 Å².